The summed E-state index contributed by atoms with van der Waals surface area (Å²) >= 11 is 5.04. The topological polar surface area (TPSA) is 33.2 Å². The maximum atomic E-state index is 12.2. The molecule has 0 aliphatic heterocycles. The lowest BCUT2D eigenvalue weighted by atomic mass is 10.1. The van der Waals surface area contributed by atoms with Crippen LogP contribution in [-0.4, -0.2) is 29.3 Å². The van der Waals surface area contributed by atoms with Crippen molar-refractivity contribution in [3.8, 4) is 0 Å². The molecule has 0 bridgehead atoms. The summed E-state index contributed by atoms with van der Waals surface area (Å²) in [5.74, 6) is 0.113. The third-order valence-corrected chi connectivity index (χ3v) is 4.20. The Balaban J connectivity index is 1.97. The second-order valence-corrected chi connectivity index (χ2v) is 6.35. The van der Waals surface area contributed by atoms with Crippen molar-refractivity contribution >= 4 is 33.0 Å². The second-order valence-electron chi connectivity index (χ2n) is 4.43. The summed E-state index contributed by atoms with van der Waals surface area (Å²) in [6.07, 6.45) is 0. The van der Waals surface area contributed by atoms with Crippen molar-refractivity contribution < 1.29 is 4.79 Å². The van der Waals surface area contributed by atoms with Gasteiger partial charge in [-0.3, -0.25) is 9.69 Å². The molecule has 0 N–H and O–H groups in total. The molecule has 1 heterocycles. The molecule has 1 aromatic heterocycles. The molecule has 3 nitrogen and oxygen atoms in total. The minimum atomic E-state index is 0.113. The Labute approximate surface area is 125 Å². The maximum absolute atomic E-state index is 12.2. The number of halogens is 1. The number of rotatable bonds is 5. The quantitative estimate of drug-likeness (QED) is 0.782. The fraction of sp³-hybridized carbons (Fsp3) is 0.286. The van der Waals surface area contributed by atoms with Crippen LogP contribution < -0.4 is 0 Å². The van der Waals surface area contributed by atoms with Crippen LogP contribution in [0.1, 0.15) is 21.1 Å². The number of aromatic nitrogens is 1. The van der Waals surface area contributed by atoms with Crippen LogP contribution in [0.5, 0.6) is 0 Å². The maximum Gasteiger partial charge on any atom is 0.177 e. The first-order chi connectivity index (χ1) is 9.06. The highest BCUT2D eigenvalue weighted by molar-refractivity contribution is 9.10. The second kappa shape index (κ2) is 6.41. The van der Waals surface area contributed by atoms with Gasteiger partial charge in [0, 0.05) is 22.0 Å². The molecule has 0 spiro atoms. The summed E-state index contributed by atoms with van der Waals surface area (Å²) in [4.78, 5) is 18.6. The summed E-state index contributed by atoms with van der Waals surface area (Å²) in [6, 6.07) is 7.51. The zero-order chi connectivity index (χ0) is 13.8. The van der Waals surface area contributed by atoms with Crippen molar-refractivity contribution in [3.05, 3.63) is 50.4 Å². The number of likely N-dealkylation sites (N-methyl/N-ethyl adjacent to an activating group) is 1. The molecule has 1 aromatic carbocycles. The van der Waals surface area contributed by atoms with Gasteiger partial charge >= 0.3 is 0 Å². The first kappa shape index (κ1) is 14.4. The van der Waals surface area contributed by atoms with Crippen LogP contribution in [0.25, 0.3) is 0 Å². The summed E-state index contributed by atoms with van der Waals surface area (Å²) in [7, 11) is 1.93. The number of aryl methyl sites for hydroxylation is 1. The van der Waals surface area contributed by atoms with Crippen LogP contribution in [0, 0.1) is 6.92 Å². The van der Waals surface area contributed by atoms with E-state index in [0.29, 0.717) is 13.1 Å². The molecule has 0 aliphatic carbocycles. The number of nitrogens with zero attached hydrogens (tertiary/aromatic N) is 2. The van der Waals surface area contributed by atoms with E-state index in [4.69, 9.17) is 0 Å². The van der Waals surface area contributed by atoms with Crippen molar-refractivity contribution in [2.24, 2.45) is 0 Å². The van der Waals surface area contributed by atoms with E-state index in [1.807, 2.05) is 48.5 Å². The normalized spacial score (nSPS) is 10.9. The Kier molecular flexibility index (Phi) is 4.85. The van der Waals surface area contributed by atoms with Gasteiger partial charge in [-0.1, -0.05) is 34.1 Å². The summed E-state index contributed by atoms with van der Waals surface area (Å²) in [6.45, 7) is 3.07. The molecule has 0 unspecified atom stereocenters. The van der Waals surface area contributed by atoms with E-state index < -0.39 is 0 Å². The lowest BCUT2D eigenvalue weighted by molar-refractivity contribution is 0.0942. The lowest BCUT2D eigenvalue weighted by Crippen LogP contribution is -2.26. The molecule has 100 valence electrons. The Morgan fingerprint density at radius 3 is 2.79 bits per heavy atom. The number of Topliss-reactive ketones (excluding diaryl/α,β-unsaturated/α-hetero) is 1. The van der Waals surface area contributed by atoms with Gasteiger partial charge in [0.05, 0.1) is 17.2 Å². The van der Waals surface area contributed by atoms with Gasteiger partial charge in [0.2, 0.25) is 0 Å². The molecule has 0 saturated carbocycles. The van der Waals surface area contributed by atoms with Crippen molar-refractivity contribution in [2.75, 3.05) is 13.6 Å². The zero-order valence-corrected chi connectivity index (χ0v) is 13.3. The number of benzene rings is 1. The van der Waals surface area contributed by atoms with Gasteiger partial charge < -0.3 is 0 Å². The van der Waals surface area contributed by atoms with Crippen LogP contribution in [0.15, 0.2) is 34.1 Å². The molecular formula is C14H15BrN2OS. The van der Waals surface area contributed by atoms with E-state index >= 15 is 0 Å². The van der Waals surface area contributed by atoms with Crippen molar-refractivity contribution in [1.29, 1.82) is 0 Å². The van der Waals surface area contributed by atoms with E-state index in [2.05, 4.69) is 20.9 Å². The molecule has 19 heavy (non-hydrogen) atoms. The molecule has 0 saturated heterocycles. The Hall–Kier alpha value is -1.04. The number of thiazole rings is 1. The van der Waals surface area contributed by atoms with Crippen LogP contribution >= 0.6 is 27.3 Å². The van der Waals surface area contributed by atoms with Crippen molar-refractivity contribution in [3.63, 3.8) is 0 Å². The molecule has 0 atom stereocenters. The summed E-state index contributed by atoms with van der Waals surface area (Å²) in [5.41, 5.74) is 1.74. The number of carbonyl (C=O) groups excluding carboxylic acids is 1. The van der Waals surface area contributed by atoms with E-state index in [1.165, 1.54) is 0 Å². The van der Waals surface area contributed by atoms with E-state index in [9.17, 15) is 4.79 Å². The smallest absolute Gasteiger partial charge is 0.177 e. The predicted octanol–water partition coefficient (Wildman–Crippen LogP) is 3.53. The molecular weight excluding hydrogens is 324 g/mol. The van der Waals surface area contributed by atoms with E-state index in [0.717, 1.165) is 20.7 Å². The van der Waals surface area contributed by atoms with Gasteiger partial charge in [0.15, 0.2) is 5.78 Å². The molecule has 0 aliphatic rings. The van der Waals surface area contributed by atoms with Gasteiger partial charge in [-0.05, 0) is 20.0 Å². The van der Waals surface area contributed by atoms with Gasteiger partial charge in [0.25, 0.3) is 0 Å². The highest BCUT2D eigenvalue weighted by Gasteiger charge is 2.13. The van der Waals surface area contributed by atoms with Crippen LogP contribution in [0.3, 0.4) is 0 Å². The molecule has 0 fully saturated rings. The van der Waals surface area contributed by atoms with E-state index in [-0.39, 0.29) is 5.78 Å². The third-order valence-electron chi connectivity index (χ3n) is 2.69. The predicted molar refractivity (Wildman–Crippen MR) is 81.7 cm³/mol. The number of ketones is 1. The third kappa shape index (κ3) is 3.96. The Morgan fingerprint density at radius 1 is 1.42 bits per heavy atom. The molecule has 0 amide bonds. The SMILES string of the molecule is Cc1nc(CN(C)CC(=O)c2ccccc2Br)cs1. The van der Waals surface area contributed by atoms with Gasteiger partial charge in [-0.2, -0.15) is 0 Å². The van der Waals surface area contributed by atoms with Crippen molar-refractivity contribution in [2.45, 2.75) is 13.5 Å². The average molecular weight is 339 g/mol. The van der Waals surface area contributed by atoms with Crippen LogP contribution in [0.2, 0.25) is 0 Å². The number of hydrogen-bond donors (Lipinski definition) is 0. The minimum Gasteiger partial charge on any atom is -0.293 e. The van der Waals surface area contributed by atoms with Crippen molar-refractivity contribution in [1.82, 2.24) is 9.88 Å². The minimum absolute atomic E-state index is 0.113. The number of carbonyl (C=O) groups is 1. The standard InChI is InChI=1S/C14H15BrN2OS/c1-10-16-11(9-19-10)7-17(2)8-14(18)12-5-3-4-6-13(12)15/h3-6,9H,7-8H2,1-2H3. The summed E-state index contributed by atoms with van der Waals surface area (Å²) < 4.78 is 0.845. The van der Waals surface area contributed by atoms with Gasteiger partial charge in [-0.15, -0.1) is 11.3 Å². The highest BCUT2D eigenvalue weighted by Crippen LogP contribution is 2.17. The highest BCUT2D eigenvalue weighted by atomic mass is 79.9. The number of hydrogen-bond acceptors (Lipinski definition) is 4. The molecule has 2 rings (SSSR count). The van der Waals surface area contributed by atoms with Gasteiger partial charge in [-0.25, -0.2) is 4.98 Å². The fourth-order valence-corrected chi connectivity index (χ4v) is 2.94. The lowest BCUT2D eigenvalue weighted by Gasteiger charge is -2.14. The Bertz CT molecular complexity index is 582. The van der Waals surface area contributed by atoms with E-state index in [1.54, 1.807) is 11.3 Å². The fourth-order valence-electron chi connectivity index (χ4n) is 1.83. The average Bonchev–Trinajstić information content (AvgIpc) is 2.74. The van der Waals surface area contributed by atoms with Crippen LogP contribution in [-0.2, 0) is 6.54 Å². The molecule has 0 radical (unpaired) electrons. The van der Waals surface area contributed by atoms with Gasteiger partial charge in [0.1, 0.15) is 0 Å². The molecule has 2 aromatic rings. The van der Waals surface area contributed by atoms with Crippen LogP contribution in [0.4, 0.5) is 0 Å². The zero-order valence-electron chi connectivity index (χ0n) is 10.9. The largest absolute Gasteiger partial charge is 0.293 e. The first-order valence-corrected chi connectivity index (χ1v) is 7.61. The monoisotopic (exact) mass is 338 g/mol. The first-order valence-electron chi connectivity index (χ1n) is 5.93. The summed E-state index contributed by atoms with van der Waals surface area (Å²) in [5, 5.41) is 3.09. The molecule has 5 heteroatoms. The Morgan fingerprint density at radius 2 is 2.16 bits per heavy atom.